The van der Waals surface area contributed by atoms with Gasteiger partial charge in [0.05, 0.1) is 29.9 Å². The third-order valence-electron chi connectivity index (χ3n) is 10.4. The lowest BCUT2D eigenvalue weighted by molar-refractivity contribution is -0.139. The number of hydrogen-bond acceptors (Lipinski definition) is 7. The summed E-state index contributed by atoms with van der Waals surface area (Å²) in [5.74, 6) is -0.383. The number of halogens is 4. The molecule has 4 fully saturated rings. The van der Waals surface area contributed by atoms with E-state index < -0.39 is 17.6 Å². The first-order valence-electron chi connectivity index (χ1n) is 17.1. The smallest absolute Gasteiger partial charge is 0.421 e. The Kier molecular flexibility index (Phi) is 9.18. The molecule has 2 aliphatic heterocycles. The summed E-state index contributed by atoms with van der Waals surface area (Å²) in [5, 5.41) is 7.63. The van der Waals surface area contributed by atoms with Gasteiger partial charge in [0, 0.05) is 37.0 Å². The highest BCUT2D eigenvalue weighted by atomic mass is 19.4. The fraction of sp³-hybridized carbons (Fsp3) is 0.556. The third kappa shape index (κ3) is 7.45. The van der Waals surface area contributed by atoms with Crippen molar-refractivity contribution >= 4 is 17.6 Å². The number of alkyl halides is 3. The SMILES string of the molecule is F/C(=C\c1ccc(OC2CCCCC2)c(C(F)(F)F)c1N1CCCC2(CCN(CC3CC3)CC2)C1)c1nccc(-c2ccnnc2)n1. The molecule has 0 bridgehead atoms. The van der Waals surface area contributed by atoms with Crippen molar-refractivity contribution in [2.75, 3.05) is 37.6 Å². The van der Waals surface area contributed by atoms with Crippen molar-refractivity contribution in [1.29, 1.82) is 0 Å². The van der Waals surface area contributed by atoms with Gasteiger partial charge >= 0.3 is 6.18 Å². The number of rotatable bonds is 8. The average molecular weight is 651 g/mol. The molecule has 11 heteroatoms. The standard InChI is InChI=1S/C36H42F4N6O/c37-29(34-41-16-12-30(44-34)27-11-17-42-43-22-27)21-26-9-10-31(47-28-5-2-1-3-6-28)32(36(38,39)40)33(26)46-18-4-13-35(24-46)14-19-45(20-15-35)23-25-7-8-25/h9-12,16-17,21-22,25,28H,1-8,13-15,18-20,23-24H2/b29-21-. The van der Waals surface area contributed by atoms with Crippen LogP contribution in [-0.2, 0) is 6.18 Å². The van der Waals surface area contributed by atoms with E-state index in [2.05, 4.69) is 25.1 Å². The number of benzene rings is 1. The average Bonchev–Trinajstić information content (AvgIpc) is 3.91. The van der Waals surface area contributed by atoms with Crippen LogP contribution in [0.5, 0.6) is 5.75 Å². The monoisotopic (exact) mass is 650 g/mol. The minimum atomic E-state index is -4.71. The molecule has 7 nitrogen and oxygen atoms in total. The molecule has 1 aromatic carbocycles. The molecule has 3 aromatic rings. The number of piperidine rings is 2. The van der Waals surface area contributed by atoms with Gasteiger partial charge in [0.25, 0.3) is 0 Å². The summed E-state index contributed by atoms with van der Waals surface area (Å²) in [6.07, 6.45) is 11.3. The van der Waals surface area contributed by atoms with Gasteiger partial charge in [0.15, 0.2) is 11.7 Å². The van der Waals surface area contributed by atoms with Gasteiger partial charge in [-0.05, 0) is 119 Å². The minimum absolute atomic E-state index is 0.00469. The first-order valence-corrected chi connectivity index (χ1v) is 17.1. The topological polar surface area (TPSA) is 67.3 Å². The summed E-state index contributed by atoms with van der Waals surface area (Å²) in [6.45, 7) is 4.05. The Morgan fingerprint density at radius 1 is 0.915 bits per heavy atom. The lowest BCUT2D eigenvalue weighted by atomic mass is 9.72. The fourth-order valence-corrected chi connectivity index (χ4v) is 7.74. The van der Waals surface area contributed by atoms with Gasteiger partial charge in [-0.3, -0.25) is 0 Å². The minimum Gasteiger partial charge on any atom is -0.490 e. The molecule has 1 spiro atoms. The number of anilines is 1. The van der Waals surface area contributed by atoms with Crippen molar-refractivity contribution in [2.24, 2.45) is 11.3 Å². The summed E-state index contributed by atoms with van der Waals surface area (Å²) < 4.78 is 67.9. The van der Waals surface area contributed by atoms with Crippen LogP contribution < -0.4 is 9.64 Å². The third-order valence-corrected chi connectivity index (χ3v) is 10.4. The van der Waals surface area contributed by atoms with Crippen LogP contribution in [0.3, 0.4) is 0 Å². The van der Waals surface area contributed by atoms with Crippen molar-refractivity contribution in [3.63, 3.8) is 0 Å². The molecule has 4 aliphatic rings. The summed E-state index contributed by atoms with van der Waals surface area (Å²) in [6, 6.07) is 6.26. The first-order chi connectivity index (χ1) is 22.8. The second-order valence-corrected chi connectivity index (χ2v) is 13.9. The van der Waals surface area contributed by atoms with Crippen LogP contribution in [0.2, 0.25) is 0 Å². The zero-order chi connectivity index (χ0) is 32.4. The number of nitrogens with zero attached hydrogens (tertiary/aromatic N) is 6. The van der Waals surface area contributed by atoms with Crippen LogP contribution in [0, 0.1) is 11.3 Å². The van der Waals surface area contributed by atoms with Crippen molar-refractivity contribution in [2.45, 2.75) is 82.9 Å². The molecule has 0 unspecified atom stereocenters. The van der Waals surface area contributed by atoms with Crippen LogP contribution in [0.1, 0.15) is 87.6 Å². The largest absolute Gasteiger partial charge is 0.490 e. The normalized spacial score (nSPS) is 21.3. The van der Waals surface area contributed by atoms with Crippen LogP contribution in [-0.4, -0.2) is 63.9 Å². The lowest BCUT2D eigenvalue weighted by Crippen LogP contribution is -2.50. The van der Waals surface area contributed by atoms with Crippen LogP contribution >= 0.6 is 0 Å². The Bertz CT molecular complexity index is 1560. The van der Waals surface area contributed by atoms with E-state index in [0.29, 0.717) is 24.3 Å². The number of hydrogen-bond donors (Lipinski definition) is 0. The highest BCUT2D eigenvalue weighted by Gasteiger charge is 2.44. The predicted molar refractivity (Wildman–Crippen MR) is 173 cm³/mol. The van der Waals surface area contributed by atoms with Crippen molar-refractivity contribution < 1.29 is 22.3 Å². The first kappa shape index (κ1) is 32.0. The van der Waals surface area contributed by atoms with Gasteiger partial charge in [-0.25, -0.2) is 14.4 Å². The molecule has 2 saturated carbocycles. The van der Waals surface area contributed by atoms with Crippen molar-refractivity contribution in [3.05, 3.63) is 59.8 Å². The van der Waals surface area contributed by atoms with Crippen LogP contribution in [0.15, 0.2) is 42.9 Å². The molecule has 250 valence electrons. The number of likely N-dealkylation sites (tertiary alicyclic amines) is 1. The molecule has 2 aromatic heterocycles. The zero-order valence-electron chi connectivity index (χ0n) is 26.7. The molecule has 7 rings (SSSR count). The van der Waals surface area contributed by atoms with Gasteiger partial charge in [0.2, 0.25) is 0 Å². The second kappa shape index (κ2) is 13.5. The van der Waals surface area contributed by atoms with E-state index in [1.54, 1.807) is 18.2 Å². The highest BCUT2D eigenvalue weighted by molar-refractivity contribution is 5.83. The van der Waals surface area contributed by atoms with E-state index in [9.17, 15) is 0 Å². The molecule has 47 heavy (non-hydrogen) atoms. The quantitative estimate of drug-likeness (QED) is 0.228. The van der Waals surface area contributed by atoms with E-state index in [1.807, 2.05) is 4.90 Å². The summed E-state index contributed by atoms with van der Waals surface area (Å²) in [7, 11) is 0. The molecule has 0 radical (unpaired) electrons. The Labute approximate surface area is 273 Å². The van der Waals surface area contributed by atoms with Gasteiger partial charge in [-0.15, -0.1) is 0 Å². The van der Waals surface area contributed by atoms with Gasteiger partial charge in [-0.2, -0.15) is 23.4 Å². The summed E-state index contributed by atoms with van der Waals surface area (Å²) >= 11 is 0. The Morgan fingerprint density at radius 2 is 1.72 bits per heavy atom. The van der Waals surface area contributed by atoms with Crippen LogP contribution in [0.4, 0.5) is 23.2 Å². The van der Waals surface area contributed by atoms with Crippen molar-refractivity contribution in [3.8, 4) is 17.0 Å². The van der Waals surface area contributed by atoms with Crippen LogP contribution in [0.25, 0.3) is 23.2 Å². The zero-order valence-corrected chi connectivity index (χ0v) is 26.7. The number of aromatic nitrogens is 4. The maximum Gasteiger partial charge on any atom is 0.421 e. The molecule has 2 aliphatic carbocycles. The van der Waals surface area contributed by atoms with Gasteiger partial charge in [-0.1, -0.05) is 6.42 Å². The molecular weight excluding hydrogens is 608 g/mol. The van der Waals surface area contributed by atoms with E-state index in [1.165, 1.54) is 37.5 Å². The highest BCUT2D eigenvalue weighted by Crippen LogP contribution is 2.49. The molecule has 0 amide bonds. The van der Waals surface area contributed by atoms with E-state index in [0.717, 1.165) is 89.4 Å². The molecular formula is C36H42F4N6O. The van der Waals surface area contributed by atoms with Gasteiger partial charge in [0.1, 0.15) is 11.3 Å². The van der Waals surface area contributed by atoms with E-state index in [4.69, 9.17) is 4.74 Å². The van der Waals surface area contributed by atoms with Crippen molar-refractivity contribution in [1.82, 2.24) is 25.1 Å². The lowest BCUT2D eigenvalue weighted by Gasteiger charge is -2.49. The maximum absolute atomic E-state index is 16.0. The molecule has 4 heterocycles. The van der Waals surface area contributed by atoms with Gasteiger partial charge < -0.3 is 14.5 Å². The number of ether oxygens (including phenoxy) is 1. The van der Waals surface area contributed by atoms with E-state index in [-0.39, 0.29) is 34.3 Å². The Hall–Kier alpha value is -3.60. The molecule has 0 N–H and O–H groups in total. The predicted octanol–water partition coefficient (Wildman–Crippen LogP) is 8.22. The Balaban J connectivity index is 1.26. The molecule has 2 saturated heterocycles. The second-order valence-electron chi connectivity index (χ2n) is 13.9. The fourth-order valence-electron chi connectivity index (χ4n) is 7.74. The maximum atomic E-state index is 16.0. The Morgan fingerprint density at radius 3 is 2.45 bits per heavy atom. The molecule has 0 atom stereocenters. The van der Waals surface area contributed by atoms with E-state index >= 15 is 17.6 Å². The summed E-state index contributed by atoms with van der Waals surface area (Å²) in [5.41, 5.74) is 0.319. The summed E-state index contributed by atoms with van der Waals surface area (Å²) in [4.78, 5) is 12.9.